The molecule has 4 aromatic rings. The molecular weight excluding hydrogens is 398 g/mol. The summed E-state index contributed by atoms with van der Waals surface area (Å²) in [5.74, 6) is 0.196. The van der Waals surface area contributed by atoms with Gasteiger partial charge in [-0.05, 0) is 42.7 Å². The van der Waals surface area contributed by atoms with E-state index in [1.165, 1.54) is 23.5 Å². The Morgan fingerprint density at radius 2 is 2.07 bits per heavy atom. The number of aryl methyl sites for hydroxylation is 1. The number of benzene rings is 2. The lowest BCUT2D eigenvalue weighted by Crippen LogP contribution is -2.30. The summed E-state index contributed by atoms with van der Waals surface area (Å²) in [6.45, 7) is 2.68. The van der Waals surface area contributed by atoms with E-state index in [0.717, 1.165) is 23.4 Å². The number of amides is 1. The number of para-hydroxylation sites is 1. The molecule has 0 atom stereocenters. The summed E-state index contributed by atoms with van der Waals surface area (Å²) in [5.41, 5.74) is 4.30. The van der Waals surface area contributed by atoms with Gasteiger partial charge in [-0.2, -0.15) is 5.10 Å². The molecule has 5 rings (SSSR count). The van der Waals surface area contributed by atoms with Crippen LogP contribution < -0.4 is 10.5 Å². The van der Waals surface area contributed by atoms with Gasteiger partial charge in [0.1, 0.15) is 5.39 Å². The quantitative estimate of drug-likeness (QED) is 0.407. The number of anilines is 1. The van der Waals surface area contributed by atoms with Gasteiger partial charge >= 0.3 is 0 Å². The van der Waals surface area contributed by atoms with Crippen molar-refractivity contribution in [2.75, 3.05) is 17.2 Å². The van der Waals surface area contributed by atoms with Crippen LogP contribution in [0.15, 0.2) is 64.7 Å². The molecule has 0 fully saturated rings. The number of carbonyl (C=O) groups is 1. The van der Waals surface area contributed by atoms with Crippen molar-refractivity contribution in [2.45, 2.75) is 18.5 Å². The molecule has 1 N–H and O–H groups in total. The van der Waals surface area contributed by atoms with Crippen molar-refractivity contribution in [3.05, 3.63) is 76.2 Å². The van der Waals surface area contributed by atoms with E-state index in [9.17, 15) is 9.59 Å². The smallest absolute Gasteiger partial charge is 0.262 e. The fourth-order valence-electron chi connectivity index (χ4n) is 3.72. The van der Waals surface area contributed by atoms with Crippen LogP contribution in [0.2, 0.25) is 0 Å². The molecule has 0 saturated carbocycles. The molecule has 1 aliphatic heterocycles. The molecule has 0 saturated heterocycles. The summed E-state index contributed by atoms with van der Waals surface area (Å²) in [5, 5.41) is 5.16. The van der Waals surface area contributed by atoms with Gasteiger partial charge in [0.15, 0.2) is 10.8 Å². The number of aromatic amines is 1. The molecule has 0 bridgehead atoms. The van der Waals surface area contributed by atoms with Crippen LogP contribution in [0.1, 0.15) is 11.1 Å². The van der Waals surface area contributed by atoms with Crippen LogP contribution in [0, 0.1) is 6.92 Å². The summed E-state index contributed by atoms with van der Waals surface area (Å²) >= 11 is 1.23. The molecule has 0 aliphatic carbocycles. The number of hydrogen-bond donors (Lipinski definition) is 1. The third-order valence-electron chi connectivity index (χ3n) is 5.18. The first-order chi connectivity index (χ1) is 14.6. The van der Waals surface area contributed by atoms with Gasteiger partial charge in [-0.3, -0.25) is 9.59 Å². The first kappa shape index (κ1) is 18.6. The molecule has 0 unspecified atom stereocenters. The fourth-order valence-corrected chi connectivity index (χ4v) is 4.45. The Balaban J connectivity index is 1.41. The highest BCUT2D eigenvalue weighted by Gasteiger charge is 2.24. The zero-order valence-electron chi connectivity index (χ0n) is 16.3. The molecule has 3 heterocycles. The highest BCUT2D eigenvalue weighted by atomic mass is 32.2. The van der Waals surface area contributed by atoms with E-state index < -0.39 is 0 Å². The molecule has 1 aliphatic rings. The van der Waals surface area contributed by atoms with Crippen molar-refractivity contribution in [3.63, 3.8) is 0 Å². The van der Waals surface area contributed by atoms with Gasteiger partial charge in [0.25, 0.3) is 5.56 Å². The molecule has 2 aromatic heterocycles. The van der Waals surface area contributed by atoms with E-state index in [0.29, 0.717) is 22.7 Å². The van der Waals surface area contributed by atoms with E-state index >= 15 is 0 Å². The summed E-state index contributed by atoms with van der Waals surface area (Å²) in [6.07, 6.45) is 2.38. The molecule has 150 valence electrons. The number of aromatic nitrogens is 4. The van der Waals surface area contributed by atoms with E-state index in [4.69, 9.17) is 0 Å². The minimum absolute atomic E-state index is 0.000104. The summed E-state index contributed by atoms with van der Waals surface area (Å²) in [4.78, 5) is 34.4. The second-order valence-electron chi connectivity index (χ2n) is 7.22. The molecule has 8 heteroatoms. The summed E-state index contributed by atoms with van der Waals surface area (Å²) in [6, 6.07) is 15.8. The van der Waals surface area contributed by atoms with Crippen molar-refractivity contribution in [2.24, 2.45) is 0 Å². The van der Waals surface area contributed by atoms with Gasteiger partial charge in [-0.1, -0.05) is 42.1 Å². The van der Waals surface area contributed by atoms with Crippen molar-refractivity contribution in [3.8, 4) is 5.69 Å². The van der Waals surface area contributed by atoms with Crippen LogP contribution in [0.5, 0.6) is 0 Å². The highest BCUT2D eigenvalue weighted by Crippen LogP contribution is 2.28. The maximum Gasteiger partial charge on any atom is 0.262 e. The number of fused-ring (bicyclic) bond motifs is 2. The molecule has 2 aromatic carbocycles. The topological polar surface area (TPSA) is 83.9 Å². The summed E-state index contributed by atoms with van der Waals surface area (Å²) < 4.78 is 1.65. The van der Waals surface area contributed by atoms with E-state index in [2.05, 4.69) is 21.1 Å². The minimum atomic E-state index is -0.264. The lowest BCUT2D eigenvalue weighted by molar-refractivity contribution is -0.116. The highest BCUT2D eigenvalue weighted by molar-refractivity contribution is 7.99. The van der Waals surface area contributed by atoms with Gasteiger partial charge in [-0.25, -0.2) is 9.67 Å². The van der Waals surface area contributed by atoms with Crippen LogP contribution >= 0.6 is 11.8 Å². The van der Waals surface area contributed by atoms with E-state index in [1.807, 2.05) is 49.4 Å². The van der Waals surface area contributed by atoms with Gasteiger partial charge in [-0.15, -0.1) is 0 Å². The number of nitrogens with one attached hydrogen (secondary N) is 1. The van der Waals surface area contributed by atoms with Crippen LogP contribution in [0.25, 0.3) is 16.7 Å². The maximum atomic E-state index is 12.8. The number of hydrogen-bond acceptors (Lipinski definition) is 5. The SMILES string of the molecule is Cc1cccc(-n2ncc3c(=O)[nH]c(SCC(=O)N4CCc5ccccc54)nc32)c1. The molecule has 7 nitrogen and oxygen atoms in total. The lowest BCUT2D eigenvalue weighted by atomic mass is 10.2. The van der Waals surface area contributed by atoms with Gasteiger partial charge in [0.05, 0.1) is 17.6 Å². The number of rotatable bonds is 4. The van der Waals surface area contributed by atoms with Crippen LogP contribution in [0.3, 0.4) is 0 Å². The molecule has 0 radical (unpaired) electrons. The first-order valence-electron chi connectivity index (χ1n) is 9.66. The average Bonchev–Trinajstić information content (AvgIpc) is 3.37. The van der Waals surface area contributed by atoms with E-state index in [1.54, 1.807) is 9.58 Å². The van der Waals surface area contributed by atoms with Crippen LogP contribution in [-0.4, -0.2) is 38.0 Å². The Kier molecular flexibility index (Phi) is 4.63. The van der Waals surface area contributed by atoms with Crippen molar-refractivity contribution in [1.29, 1.82) is 0 Å². The second kappa shape index (κ2) is 7.46. The number of carbonyl (C=O) groups excluding carboxylic acids is 1. The second-order valence-corrected chi connectivity index (χ2v) is 8.18. The molecule has 1 amide bonds. The van der Waals surface area contributed by atoms with Crippen LogP contribution in [0.4, 0.5) is 5.69 Å². The number of H-pyrrole nitrogens is 1. The number of nitrogens with zero attached hydrogens (tertiary/aromatic N) is 4. The molecule has 0 spiro atoms. The Morgan fingerprint density at radius 1 is 1.20 bits per heavy atom. The predicted octanol–water partition coefficient (Wildman–Crippen LogP) is 3.10. The Hall–Kier alpha value is -3.39. The average molecular weight is 417 g/mol. The van der Waals surface area contributed by atoms with Crippen LogP contribution in [-0.2, 0) is 11.2 Å². The Labute approximate surface area is 176 Å². The largest absolute Gasteiger partial charge is 0.311 e. The summed E-state index contributed by atoms with van der Waals surface area (Å²) in [7, 11) is 0. The maximum absolute atomic E-state index is 12.8. The lowest BCUT2D eigenvalue weighted by Gasteiger charge is -2.16. The third kappa shape index (κ3) is 3.29. The Morgan fingerprint density at radius 3 is 2.93 bits per heavy atom. The van der Waals surface area contributed by atoms with Gasteiger partial charge in [0.2, 0.25) is 5.91 Å². The standard InChI is InChI=1S/C22H19N5O2S/c1-14-5-4-7-16(11-14)27-20-17(12-23-27)21(29)25-22(24-20)30-13-19(28)26-10-9-15-6-2-3-8-18(15)26/h2-8,11-12H,9-10,13H2,1H3,(H,24,25,29). The minimum Gasteiger partial charge on any atom is -0.311 e. The number of thioether (sulfide) groups is 1. The predicted molar refractivity (Wildman–Crippen MR) is 117 cm³/mol. The van der Waals surface area contributed by atoms with Gasteiger partial charge < -0.3 is 9.88 Å². The normalized spacial score (nSPS) is 13.0. The molecule has 30 heavy (non-hydrogen) atoms. The molecular formula is C22H19N5O2S. The van der Waals surface area contributed by atoms with Crippen molar-refractivity contribution >= 4 is 34.4 Å². The van der Waals surface area contributed by atoms with E-state index in [-0.39, 0.29) is 17.2 Å². The van der Waals surface area contributed by atoms with Gasteiger partial charge in [0, 0.05) is 12.2 Å². The van der Waals surface area contributed by atoms with Crippen molar-refractivity contribution in [1.82, 2.24) is 19.7 Å². The third-order valence-corrected chi connectivity index (χ3v) is 6.04. The zero-order valence-corrected chi connectivity index (χ0v) is 17.1. The monoisotopic (exact) mass is 417 g/mol. The first-order valence-corrected chi connectivity index (χ1v) is 10.6. The van der Waals surface area contributed by atoms with Crippen molar-refractivity contribution < 1.29 is 4.79 Å². The Bertz CT molecular complexity index is 1330. The fraction of sp³-hybridized carbons (Fsp3) is 0.182. The zero-order chi connectivity index (χ0) is 20.7.